The molecule has 5 nitrogen and oxygen atoms in total. The van der Waals surface area contributed by atoms with Gasteiger partial charge in [-0.25, -0.2) is 0 Å². The molecule has 7 heteroatoms. The third-order valence-electron chi connectivity index (χ3n) is 2.85. The molecule has 0 radical (unpaired) electrons. The zero-order valence-corrected chi connectivity index (χ0v) is 12.0. The molecule has 1 aromatic rings. The van der Waals surface area contributed by atoms with Gasteiger partial charge in [-0.15, -0.1) is 11.3 Å². The molecule has 2 rings (SSSR count). The van der Waals surface area contributed by atoms with E-state index < -0.39 is 6.10 Å². The van der Waals surface area contributed by atoms with Gasteiger partial charge < -0.3 is 10.0 Å². The summed E-state index contributed by atoms with van der Waals surface area (Å²) in [6.07, 6.45) is -0.654. The van der Waals surface area contributed by atoms with Crippen LogP contribution in [0.5, 0.6) is 0 Å². The third-order valence-corrected chi connectivity index (χ3v) is 5.34. The van der Waals surface area contributed by atoms with E-state index in [4.69, 9.17) is 0 Å². The number of nitro groups is 1. The van der Waals surface area contributed by atoms with E-state index in [1.54, 1.807) is 6.92 Å². The van der Waals surface area contributed by atoms with Crippen molar-refractivity contribution in [2.75, 3.05) is 23.7 Å². The molecule has 0 amide bonds. The average molecular weight is 288 g/mol. The summed E-state index contributed by atoms with van der Waals surface area (Å²) in [6, 6.07) is 1.50. The van der Waals surface area contributed by atoms with Gasteiger partial charge in [-0.2, -0.15) is 11.8 Å². The van der Waals surface area contributed by atoms with E-state index in [1.807, 2.05) is 11.8 Å². The Bertz CT molecular complexity index is 447. The van der Waals surface area contributed by atoms with Crippen molar-refractivity contribution in [1.29, 1.82) is 0 Å². The van der Waals surface area contributed by atoms with Crippen molar-refractivity contribution in [2.24, 2.45) is 0 Å². The first-order valence-corrected chi connectivity index (χ1v) is 7.68. The molecular weight excluding hydrogens is 272 g/mol. The van der Waals surface area contributed by atoms with E-state index in [0.717, 1.165) is 18.8 Å². The van der Waals surface area contributed by atoms with Crippen LogP contribution >= 0.6 is 23.1 Å². The van der Waals surface area contributed by atoms with E-state index >= 15 is 0 Å². The Morgan fingerprint density at radius 1 is 1.67 bits per heavy atom. The molecule has 1 saturated heterocycles. The van der Waals surface area contributed by atoms with Gasteiger partial charge in [-0.1, -0.05) is 6.92 Å². The molecule has 0 spiro atoms. The van der Waals surface area contributed by atoms with E-state index in [0.29, 0.717) is 15.1 Å². The number of hydrogen-bond donors (Lipinski definition) is 1. The van der Waals surface area contributed by atoms with Gasteiger partial charge in [0, 0.05) is 35.0 Å². The van der Waals surface area contributed by atoms with Crippen LogP contribution < -0.4 is 4.90 Å². The minimum Gasteiger partial charge on any atom is -0.388 e. The Morgan fingerprint density at radius 3 is 2.94 bits per heavy atom. The topological polar surface area (TPSA) is 66.6 Å². The summed E-state index contributed by atoms with van der Waals surface area (Å²) in [4.78, 5) is 13.4. The highest BCUT2D eigenvalue weighted by molar-refractivity contribution is 8.00. The summed E-state index contributed by atoms with van der Waals surface area (Å²) in [7, 11) is 0. The van der Waals surface area contributed by atoms with Crippen molar-refractivity contribution >= 4 is 33.8 Å². The number of thiophene rings is 1. The van der Waals surface area contributed by atoms with Crippen LogP contribution in [0.3, 0.4) is 0 Å². The van der Waals surface area contributed by atoms with E-state index in [2.05, 4.69) is 11.8 Å². The molecular formula is C11H16N2O3S2. The van der Waals surface area contributed by atoms with Crippen LogP contribution in [0.15, 0.2) is 6.07 Å². The molecule has 1 unspecified atom stereocenters. The number of aliphatic hydroxyl groups excluding tert-OH is 1. The standard InChI is InChI=1S/C11H16N2O3S2/c1-7-6-12(3-4-17-7)11-9(13(15)16)5-10(18-11)8(2)14/h5,7-8,14H,3-4,6H2,1-2H3/t7?,8-/m0/s1. The number of hydrogen-bond acceptors (Lipinski definition) is 6. The second kappa shape index (κ2) is 5.46. The molecule has 1 N–H and O–H groups in total. The van der Waals surface area contributed by atoms with Gasteiger partial charge in [0.1, 0.15) is 0 Å². The van der Waals surface area contributed by atoms with Gasteiger partial charge in [-0.3, -0.25) is 10.1 Å². The average Bonchev–Trinajstić information content (AvgIpc) is 2.73. The maximum atomic E-state index is 11.1. The predicted molar refractivity (Wildman–Crippen MR) is 75.7 cm³/mol. The Balaban J connectivity index is 2.32. The van der Waals surface area contributed by atoms with Crippen molar-refractivity contribution < 1.29 is 10.0 Å². The Morgan fingerprint density at radius 2 is 2.39 bits per heavy atom. The Kier molecular flexibility index (Phi) is 4.14. The molecule has 1 aliphatic heterocycles. The van der Waals surface area contributed by atoms with E-state index in [-0.39, 0.29) is 10.6 Å². The first kappa shape index (κ1) is 13.6. The summed E-state index contributed by atoms with van der Waals surface area (Å²) in [5.41, 5.74) is 0.120. The summed E-state index contributed by atoms with van der Waals surface area (Å²) in [5.74, 6) is 0.986. The van der Waals surface area contributed by atoms with Crippen LogP contribution in [-0.2, 0) is 0 Å². The molecule has 1 fully saturated rings. The van der Waals surface area contributed by atoms with Crippen LogP contribution in [0, 0.1) is 10.1 Å². The molecule has 0 saturated carbocycles. The second-order valence-corrected chi connectivity index (χ2v) is 7.01. The smallest absolute Gasteiger partial charge is 0.304 e. The third kappa shape index (κ3) is 2.78. The second-order valence-electron chi connectivity index (χ2n) is 4.40. The van der Waals surface area contributed by atoms with Crippen molar-refractivity contribution in [2.45, 2.75) is 25.2 Å². The van der Waals surface area contributed by atoms with Crippen molar-refractivity contribution in [1.82, 2.24) is 0 Å². The highest BCUT2D eigenvalue weighted by atomic mass is 32.2. The van der Waals surface area contributed by atoms with E-state index in [1.165, 1.54) is 17.4 Å². The van der Waals surface area contributed by atoms with Crippen LogP contribution in [0.25, 0.3) is 0 Å². The van der Waals surface area contributed by atoms with E-state index in [9.17, 15) is 15.2 Å². The molecule has 1 aliphatic rings. The summed E-state index contributed by atoms with van der Waals surface area (Å²) in [5, 5.41) is 21.8. The fourth-order valence-corrected chi connectivity index (χ4v) is 4.07. The largest absolute Gasteiger partial charge is 0.388 e. The molecule has 0 aliphatic carbocycles. The minimum absolute atomic E-state index is 0.120. The van der Waals surface area contributed by atoms with Crippen molar-refractivity contribution in [3.05, 3.63) is 21.1 Å². The fraction of sp³-hybridized carbons (Fsp3) is 0.636. The zero-order valence-electron chi connectivity index (χ0n) is 10.3. The number of aliphatic hydroxyl groups is 1. The summed E-state index contributed by atoms with van der Waals surface area (Å²) < 4.78 is 0. The maximum Gasteiger partial charge on any atom is 0.304 e. The SMILES string of the molecule is CC1CN(c2sc([C@H](C)O)cc2[N+](=O)[O-])CCS1. The first-order valence-electron chi connectivity index (χ1n) is 5.81. The van der Waals surface area contributed by atoms with Gasteiger partial charge in [0.2, 0.25) is 0 Å². The fourth-order valence-electron chi connectivity index (χ4n) is 1.96. The molecule has 100 valence electrons. The minimum atomic E-state index is -0.654. The van der Waals surface area contributed by atoms with Crippen LogP contribution in [0.2, 0.25) is 0 Å². The Labute approximate surface area is 114 Å². The normalized spacial score (nSPS) is 21.9. The lowest BCUT2D eigenvalue weighted by molar-refractivity contribution is -0.383. The monoisotopic (exact) mass is 288 g/mol. The zero-order chi connectivity index (χ0) is 13.3. The molecule has 0 aromatic carbocycles. The maximum absolute atomic E-state index is 11.1. The van der Waals surface area contributed by atoms with Gasteiger partial charge >= 0.3 is 5.69 Å². The van der Waals surface area contributed by atoms with Crippen LogP contribution in [-0.4, -0.2) is 34.1 Å². The number of anilines is 1. The predicted octanol–water partition coefficient (Wildman–Crippen LogP) is 2.65. The molecule has 1 aromatic heterocycles. The summed E-state index contributed by atoms with van der Waals surface area (Å²) >= 11 is 3.22. The van der Waals surface area contributed by atoms with Crippen LogP contribution in [0.4, 0.5) is 10.7 Å². The molecule has 2 heterocycles. The summed E-state index contributed by atoms with van der Waals surface area (Å²) in [6.45, 7) is 5.42. The highest BCUT2D eigenvalue weighted by Crippen LogP contribution is 2.41. The van der Waals surface area contributed by atoms with Gasteiger partial charge in [-0.05, 0) is 6.92 Å². The number of nitrogens with zero attached hydrogens (tertiary/aromatic N) is 2. The number of rotatable bonds is 3. The lowest BCUT2D eigenvalue weighted by Gasteiger charge is -2.30. The highest BCUT2D eigenvalue weighted by Gasteiger charge is 2.28. The molecule has 0 bridgehead atoms. The van der Waals surface area contributed by atoms with Crippen molar-refractivity contribution in [3.63, 3.8) is 0 Å². The lowest BCUT2D eigenvalue weighted by atomic mass is 10.3. The first-order chi connectivity index (χ1) is 8.49. The Hall–Kier alpha value is -0.790. The molecule has 2 atom stereocenters. The quantitative estimate of drug-likeness (QED) is 0.684. The van der Waals surface area contributed by atoms with Gasteiger partial charge in [0.25, 0.3) is 0 Å². The van der Waals surface area contributed by atoms with Gasteiger partial charge in [0.05, 0.1) is 11.0 Å². The number of thioether (sulfide) groups is 1. The van der Waals surface area contributed by atoms with Crippen molar-refractivity contribution in [3.8, 4) is 0 Å². The lowest BCUT2D eigenvalue weighted by Crippen LogP contribution is -2.36. The van der Waals surface area contributed by atoms with Crippen LogP contribution in [0.1, 0.15) is 24.8 Å². The molecule has 18 heavy (non-hydrogen) atoms. The van der Waals surface area contributed by atoms with Gasteiger partial charge in [0.15, 0.2) is 5.00 Å².